The monoisotopic (exact) mass is 331 g/mol. The molecule has 3 nitrogen and oxygen atoms in total. The van der Waals surface area contributed by atoms with Crippen molar-refractivity contribution >= 4 is 33.3 Å². The lowest BCUT2D eigenvalue weighted by Gasteiger charge is -2.23. The van der Waals surface area contributed by atoms with E-state index in [1.54, 1.807) is 0 Å². The number of rotatable bonds is 3. The van der Waals surface area contributed by atoms with Crippen LogP contribution in [0.15, 0.2) is 16.7 Å². The summed E-state index contributed by atoms with van der Waals surface area (Å²) < 4.78 is 1.12. The van der Waals surface area contributed by atoms with Crippen LogP contribution in [0.4, 0.5) is 5.82 Å². The Labute approximate surface area is 122 Å². The summed E-state index contributed by atoms with van der Waals surface area (Å²) in [6, 6.07) is 2.03. The molecule has 1 aromatic heterocycles. The maximum atomic E-state index is 5.81. The minimum atomic E-state index is 0.715. The van der Waals surface area contributed by atoms with Crippen molar-refractivity contribution in [2.24, 2.45) is 0 Å². The molecule has 0 bridgehead atoms. The topological polar surface area (TPSA) is 19.4 Å². The van der Waals surface area contributed by atoms with E-state index in [4.69, 9.17) is 11.6 Å². The minimum Gasteiger partial charge on any atom is -0.354 e. The number of anilines is 1. The molecule has 0 saturated carbocycles. The van der Waals surface area contributed by atoms with Crippen LogP contribution in [0.1, 0.15) is 12.0 Å². The summed E-state index contributed by atoms with van der Waals surface area (Å²) in [6.07, 6.45) is 3.05. The van der Waals surface area contributed by atoms with Crippen LogP contribution in [0.3, 0.4) is 0 Å². The van der Waals surface area contributed by atoms with Crippen molar-refractivity contribution in [1.29, 1.82) is 0 Å². The molecule has 1 saturated heterocycles. The smallest absolute Gasteiger partial charge is 0.143 e. The predicted molar refractivity (Wildman–Crippen MR) is 80.7 cm³/mol. The van der Waals surface area contributed by atoms with Crippen molar-refractivity contribution in [3.05, 3.63) is 22.3 Å². The molecule has 0 amide bonds. The van der Waals surface area contributed by atoms with Crippen LogP contribution in [0, 0.1) is 6.92 Å². The number of hydrogen-bond acceptors (Lipinski definition) is 3. The molecular weight excluding hydrogens is 314 g/mol. The molecule has 100 valence electrons. The van der Waals surface area contributed by atoms with Gasteiger partial charge >= 0.3 is 0 Å². The second-order valence-corrected chi connectivity index (χ2v) is 5.81. The first-order chi connectivity index (χ1) is 8.72. The summed E-state index contributed by atoms with van der Waals surface area (Å²) in [5.41, 5.74) is 1.24. The first-order valence-electron chi connectivity index (χ1n) is 6.36. The summed E-state index contributed by atoms with van der Waals surface area (Å²) in [7, 11) is 0. The average molecular weight is 333 g/mol. The summed E-state index contributed by atoms with van der Waals surface area (Å²) in [5.74, 6) is 1.79. The van der Waals surface area contributed by atoms with Gasteiger partial charge in [-0.05, 0) is 47.4 Å². The highest BCUT2D eigenvalue weighted by atomic mass is 79.9. The summed E-state index contributed by atoms with van der Waals surface area (Å²) >= 11 is 9.46. The molecule has 1 aliphatic rings. The van der Waals surface area contributed by atoms with E-state index >= 15 is 0 Å². The quantitative estimate of drug-likeness (QED) is 0.794. The van der Waals surface area contributed by atoms with Crippen LogP contribution >= 0.6 is 27.5 Å². The van der Waals surface area contributed by atoms with Gasteiger partial charge in [-0.3, -0.25) is 0 Å². The Hall–Kier alpha value is -0.320. The molecule has 2 rings (SSSR count). The zero-order chi connectivity index (χ0) is 13.0. The first kappa shape index (κ1) is 14.1. The Morgan fingerprint density at radius 1 is 1.33 bits per heavy atom. The molecule has 1 aliphatic heterocycles. The van der Waals surface area contributed by atoms with Gasteiger partial charge in [0.25, 0.3) is 0 Å². The summed E-state index contributed by atoms with van der Waals surface area (Å²) in [4.78, 5) is 9.30. The molecule has 0 spiro atoms. The fourth-order valence-electron chi connectivity index (χ4n) is 2.27. The highest BCUT2D eigenvalue weighted by Gasteiger charge is 2.17. The van der Waals surface area contributed by atoms with Crippen molar-refractivity contribution < 1.29 is 0 Å². The molecule has 2 heterocycles. The van der Waals surface area contributed by atoms with E-state index in [-0.39, 0.29) is 0 Å². The van der Waals surface area contributed by atoms with Crippen molar-refractivity contribution in [1.82, 2.24) is 9.88 Å². The Kier molecular flexibility index (Phi) is 5.27. The van der Waals surface area contributed by atoms with Crippen LogP contribution < -0.4 is 4.90 Å². The van der Waals surface area contributed by atoms with E-state index in [0.29, 0.717) is 5.88 Å². The molecule has 0 unspecified atom stereocenters. The molecule has 1 fully saturated rings. The summed E-state index contributed by atoms with van der Waals surface area (Å²) in [5, 5.41) is 0. The lowest BCUT2D eigenvalue weighted by Crippen LogP contribution is -2.32. The second kappa shape index (κ2) is 6.73. The van der Waals surface area contributed by atoms with Crippen molar-refractivity contribution in [3.63, 3.8) is 0 Å². The lowest BCUT2D eigenvalue weighted by atomic mass is 10.3. The van der Waals surface area contributed by atoms with Gasteiger partial charge < -0.3 is 9.80 Å². The van der Waals surface area contributed by atoms with Gasteiger partial charge in [0.05, 0.1) is 4.47 Å². The number of pyridine rings is 1. The van der Waals surface area contributed by atoms with Gasteiger partial charge in [0.1, 0.15) is 5.82 Å². The van der Waals surface area contributed by atoms with Crippen molar-refractivity contribution in [2.45, 2.75) is 13.3 Å². The van der Waals surface area contributed by atoms with Crippen molar-refractivity contribution in [2.75, 3.05) is 43.5 Å². The normalized spacial score (nSPS) is 17.8. The van der Waals surface area contributed by atoms with Gasteiger partial charge in [-0.1, -0.05) is 0 Å². The third kappa shape index (κ3) is 3.37. The number of aryl methyl sites for hydroxylation is 1. The third-order valence-electron chi connectivity index (χ3n) is 3.35. The second-order valence-electron chi connectivity index (χ2n) is 4.64. The third-order valence-corrected chi connectivity index (χ3v) is 4.50. The number of nitrogens with zero attached hydrogens (tertiary/aromatic N) is 3. The fourth-order valence-corrected chi connectivity index (χ4v) is 3.00. The standard InChI is InChI=1S/C13H19BrClN3/c1-11-3-5-16-13(12(11)14)18-7-2-6-17(8-4-15)9-10-18/h3,5H,2,4,6-10H2,1H3. The van der Waals surface area contributed by atoms with E-state index in [2.05, 4.69) is 37.6 Å². The molecule has 18 heavy (non-hydrogen) atoms. The van der Waals surface area contributed by atoms with Crippen LogP contribution in [0.25, 0.3) is 0 Å². The average Bonchev–Trinajstić information content (AvgIpc) is 2.59. The molecule has 0 N–H and O–H groups in total. The Bertz CT molecular complexity index is 400. The van der Waals surface area contributed by atoms with E-state index in [0.717, 1.165) is 43.0 Å². The molecule has 1 aromatic rings. The highest BCUT2D eigenvalue weighted by molar-refractivity contribution is 9.10. The zero-order valence-corrected chi connectivity index (χ0v) is 13.0. The number of halogens is 2. The van der Waals surface area contributed by atoms with Crippen molar-refractivity contribution in [3.8, 4) is 0 Å². The lowest BCUT2D eigenvalue weighted by molar-refractivity contribution is 0.311. The molecule has 0 radical (unpaired) electrons. The van der Waals surface area contributed by atoms with E-state index in [1.807, 2.05) is 12.3 Å². The zero-order valence-electron chi connectivity index (χ0n) is 10.7. The Morgan fingerprint density at radius 2 is 2.17 bits per heavy atom. The van der Waals surface area contributed by atoms with Gasteiger partial charge in [-0.2, -0.15) is 0 Å². The van der Waals surface area contributed by atoms with Crippen LogP contribution in [-0.2, 0) is 0 Å². The fraction of sp³-hybridized carbons (Fsp3) is 0.615. The molecule has 5 heteroatoms. The van der Waals surface area contributed by atoms with Gasteiger partial charge in [0.15, 0.2) is 0 Å². The largest absolute Gasteiger partial charge is 0.354 e. The molecular formula is C13H19BrClN3. The van der Waals surface area contributed by atoms with Gasteiger partial charge in [0.2, 0.25) is 0 Å². The minimum absolute atomic E-state index is 0.715. The first-order valence-corrected chi connectivity index (χ1v) is 7.69. The predicted octanol–water partition coefficient (Wildman–Crippen LogP) is 2.90. The Balaban J connectivity index is 2.07. The maximum absolute atomic E-state index is 5.81. The van der Waals surface area contributed by atoms with Crippen LogP contribution in [-0.4, -0.2) is 48.5 Å². The SMILES string of the molecule is Cc1ccnc(N2CCCN(CCCl)CC2)c1Br. The highest BCUT2D eigenvalue weighted by Crippen LogP contribution is 2.27. The molecule has 0 atom stereocenters. The van der Waals surface area contributed by atoms with Crippen LogP contribution in [0.2, 0.25) is 0 Å². The van der Waals surface area contributed by atoms with E-state index in [9.17, 15) is 0 Å². The Morgan fingerprint density at radius 3 is 2.94 bits per heavy atom. The number of aromatic nitrogens is 1. The van der Waals surface area contributed by atoms with Gasteiger partial charge in [-0.25, -0.2) is 4.98 Å². The van der Waals surface area contributed by atoms with E-state index < -0.39 is 0 Å². The van der Waals surface area contributed by atoms with Gasteiger partial charge in [0, 0.05) is 38.3 Å². The summed E-state index contributed by atoms with van der Waals surface area (Å²) in [6.45, 7) is 7.37. The number of alkyl halides is 1. The number of hydrogen-bond donors (Lipinski definition) is 0. The van der Waals surface area contributed by atoms with Crippen LogP contribution in [0.5, 0.6) is 0 Å². The molecule has 0 aliphatic carbocycles. The maximum Gasteiger partial charge on any atom is 0.143 e. The molecule has 0 aromatic carbocycles. The van der Waals surface area contributed by atoms with Gasteiger partial charge in [-0.15, -0.1) is 11.6 Å². The van der Waals surface area contributed by atoms with E-state index in [1.165, 1.54) is 12.0 Å².